The van der Waals surface area contributed by atoms with E-state index in [0.29, 0.717) is 29.9 Å². The molecule has 0 bridgehead atoms. The predicted molar refractivity (Wildman–Crippen MR) is 91.0 cm³/mol. The molecule has 5 heteroatoms. The van der Waals surface area contributed by atoms with Crippen LogP contribution >= 0.6 is 0 Å². The normalized spacial score (nSPS) is 13.1. The van der Waals surface area contributed by atoms with Gasteiger partial charge in [0.2, 0.25) is 0 Å². The number of fused-ring (bicyclic) bond motifs is 1. The maximum atomic E-state index is 12.5. The second-order valence-electron chi connectivity index (χ2n) is 5.59. The molecule has 3 rings (SSSR count). The van der Waals surface area contributed by atoms with Crippen LogP contribution in [-0.4, -0.2) is 32.5 Å². The van der Waals surface area contributed by atoms with Crippen LogP contribution in [0.25, 0.3) is 0 Å². The van der Waals surface area contributed by atoms with Crippen molar-refractivity contribution in [2.45, 2.75) is 12.8 Å². The highest BCUT2D eigenvalue weighted by atomic mass is 16.5. The van der Waals surface area contributed by atoms with Crippen molar-refractivity contribution in [3.8, 4) is 11.5 Å². The molecule has 0 saturated heterocycles. The van der Waals surface area contributed by atoms with E-state index < -0.39 is 0 Å². The zero-order valence-corrected chi connectivity index (χ0v) is 13.5. The van der Waals surface area contributed by atoms with Gasteiger partial charge in [0.05, 0.1) is 12.7 Å². The first-order chi connectivity index (χ1) is 11.7. The minimum Gasteiger partial charge on any atom is -0.497 e. The molecule has 0 aromatic heterocycles. The monoisotopic (exact) mass is 325 g/mol. The maximum absolute atomic E-state index is 12.5. The zero-order chi connectivity index (χ0) is 16.9. The molecule has 0 aliphatic carbocycles. The second-order valence-corrected chi connectivity index (χ2v) is 5.59. The Morgan fingerprint density at radius 2 is 2.08 bits per heavy atom. The van der Waals surface area contributed by atoms with Crippen LogP contribution in [0.2, 0.25) is 0 Å². The molecule has 1 amide bonds. The van der Waals surface area contributed by atoms with Crippen molar-refractivity contribution in [3.63, 3.8) is 0 Å². The average Bonchev–Trinajstić information content (AvgIpc) is 2.65. The van der Waals surface area contributed by atoms with Gasteiger partial charge in [-0.25, -0.2) is 0 Å². The van der Waals surface area contributed by atoms with E-state index in [0.717, 1.165) is 18.5 Å². The smallest absolute Gasteiger partial charge is 0.264 e. The van der Waals surface area contributed by atoms with E-state index in [1.807, 2.05) is 24.3 Å². The fourth-order valence-corrected chi connectivity index (χ4v) is 2.89. The van der Waals surface area contributed by atoms with Gasteiger partial charge in [0, 0.05) is 12.2 Å². The third-order valence-corrected chi connectivity index (χ3v) is 4.11. The lowest BCUT2D eigenvalue weighted by atomic mass is 10.0. The standard InChI is InChI=1S/C19H19NO4/c1-23-16-8-9-18(15(11-16)12-21)24-13-19(22)20-10-4-6-14-5-2-3-7-17(14)20/h2-3,5,7-9,11-12H,4,6,10,13H2,1H3. The third-order valence-electron chi connectivity index (χ3n) is 4.11. The molecule has 0 unspecified atom stereocenters. The molecule has 0 spiro atoms. The number of anilines is 1. The van der Waals surface area contributed by atoms with E-state index in [1.54, 1.807) is 23.1 Å². The van der Waals surface area contributed by atoms with Gasteiger partial charge >= 0.3 is 0 Å². The Labute approximate surface area is 140 Å². The summed E-state index contributed by atoms with van der Waals surface area (Å²) in [5.74, 6) is 0.833. The molecule has 24 heavy (non-hydrogen) atoms. The zero-order valence-electron chi connectivity index (χ0n) is 13.5. The van der Waals surface area contributed by atoms with Crippen LogP contribution in [0.5, 0.6) is 11.5 Å². The van der Waals surface area contributed by atoms with Crippen LogP contribution in [0, 0.1) is 0 Å². The van der Waals surface area contributed by atoms with Crippen LogP contribution in [0.3, 0.4) is 0 Å². The highest BCUT2D eigenvalue weighted by Crippen LogP contribution is 2.27. The van der Waals surface area contributed by atoms with E-state index in [1.165, 1.54) is 12.7 Å². The molecule has 0 saturated carbocycles. The summed E-state index contributed by atoms with van der Waals surface area (Å²) < 4.78 is 10.7. The van der Waals surface area contributed by atoms with Crippen molar-refractivity contribution in [2.75, 3.05) is 25.2 Å². The fourth-order valence-electron chi connectivity index (χ4n) is 2.89. The number of hydrogen-bond donors (Lipinski definition) is 0. The summed E-state index contributed by atoms with van der Waals surface area (Å²) in [5.41, 5.74) is 2.49. The highest BCUT2D eigenvalue weighted by Gasteiger charge is 2.22. The van der Waals surface area contributed by atoms with Gasteiger partial charge in [-0.3, -0.25) is 9.59 Å². The molecule has 2 aromatic carbocycles. The Hall–Kier alpha value is -2.82. The maximum Gasteiger partial charge on any atom is 0.264 e. The number of benzene rings is 2. The number of methoxy groups -OCH3 is 1. The van der Waals surface area contributed by atoms with Crippen molar-refractivity contribution in [2.24, 2.45) is 0 Å². The van der Waals surface area contributed by atoms with E-state index in [-0.39, 0.29) is 12.5 Å². The molecule has 0 radical (unpaired) electrons. The van der Waals surface area contributed by atoms with Gasteiger partial charge in [-0.2, -0.15) is 0 Å². The summed E-state index contributed by atoms with van der Waals surface area (Å²) in [4.78, 5) is 25.5. The molecule has 1 aliphatic heterocycles. The summed E-state index contributed by atoms with van der Waals surface area (Å²) in [6.07, 6.45) is 2.61. The summed E-state index contributed by atoms with van der Waals surface area (Å²) in [6.45, 7) is 0.573. The number of carbonyl (C=O) groups excluding carboxylic acids is 2. The number of ether oxygens (including phenoxy) is 2. The lowest BCUT2D eigenvalue weighted by Gasteiger charge is -2.29. The fraction of sp³-hybridized carbons (Fsp3) is 0.263. The van der Waals surface area contributed by atoms with Crippen LogP contribution in [0.1, 0.15) is 22.3 Å². The van der Waals surface area contributed by atoms with Crippen LogP contribution in [0.15, 0.2) is 42.5 Å². The van der Waals surface area contributed by atoms with Gasteiger partial charge in [-0.15, -0.1) is 0 Å². The van der Waals surface area contributed by atoms with Crippen molar-refractivity contribution in [1.82, 2.24) is 0 Å². The lowest BCUT2D eigenvalue weighted by Crippen LogP contribution is -2.38. The Morgan fingerprint density at radius 1 is 1.25 bits per heavy atom. The van der Waals surface area contributed by atoms with Gasteiger partial charge in [0.25, 0.3) is 5.91 Å². The number of para-hydroxylation sites is 1. The molecule has 5 nitrogen and oxygen atoms in total. The third kappa shape index (κ3) is 3.25. The molecule has 0 atom stereocenters. The first-order valence-electron chi connectivity index (χ1n) is 7.87. The van der Waals surface area contributed by atoms with Gasteiger partial charge in [-0.1, -0.05) is 18.2 Å². The van der Waals surface area contributed by atoms with Gasteiger partial charge in [0.1, 0.15) is 11.5 Å². The quantitative estimate of drug-likeness (QED) is 0.793. The van der Waals surface area contributed by atoms with Crippen LogP contribution in [0.4, 0.5) is 5.69 Å². The van der Waals surface area contributed by atoms with Crippen LogP contribution in [-0.2, 0) is 11.2 Å². The van der Waals surface area contributed by atoms with Crippen molar-refractivity contribution < 1.29 is 19.1 Å². The molecule has 1 heterocycles. The average molecular weight is 325 g/mol. The highest BCUT2D eigenvalue weighted by molar-refractivity contribution is 5.95. The number of aldehydes is 1. The minimum absolute atomic E-state index is 0.110. The largest absolute Gasteiger partial charge is 0.497 e. The van der Waals surface area contributed by atoms with E-state index >= 15 is 0 Å². The first-order valence-corrected chi connectivity index (χ1v) is 7.87. The number of carbonyl (C=O) groups is 2. The molecule has 0 N–H and O–H groups in total. The number of hydrogen-bond acceptors (Lipinski definition) is 4. The molecular weight excluding hydrogens is 306 g/mol. The van der Waals surface area contributed by atoms with Crippen LogP contribution < -0.4 is 14.4 Å². The van der Waals surface area contributed by atoms with Gasteiger partial charge < -0.3 is 14.4 Å². The number of nitrogens with zero attached hydrogens (tertiary/aromatic N) is 1. The Balaban J connectivity index is 1.72. The van der Waals surface area contributed by atoms with Crippen molar-refractivity contribution in [1.29, 1.82) is 0 Å². The Bertz CT molecular complexity index is 757. The predicted octanol–water partition coefficient (Wildman–Crippen LogP) is 2.87. The van der Waals surface area contributed by atoms with Crippen molar-refractivity contribution in [3.05, 3.63) is 53.6 Å². The summed E-state index contributed by atoms with van der Waals surface area (Å²) in [6, 6.07) is 12.8. The molecule has 0 fully saturated rings. The number of amides is 1. The second kappa shape index (κ2) is 7.17. The van der Waals surface area contributed by atoms with E-state index in [4.69, 9.17) is 9.47 Å². The Morgan fingerprint density at radius 3 is 2.88 bits per heavy atom. The lowest BCUT2D eigenvalue weighted by molar-refractivity contribution is -0.120. The topological polar surface area (TPSA) is 55.8 Å². The summed E-state index contributed by atoms with van der Waals surface area (Å²) >= 11 is 0. The SMILES string of the molecule is COc1ccc(OCC(=O)N2CCCc3ccccc32)c(C=O)c1. The Kier molecular flexibility index (Phi) is 4.79. The van der Waals surface area contributed by atoms with E-state index in [2.05, 4.69) is 0 Å². The van der Waals surface area contributed by atoms with Gasteiger partial charge in [-0.05, 0) is 42.7 Å². The summed E-state index contributed by atoms with van der Waals surface area (Å²) in [7, 11) is 1.53. The minimum atomic E-state index is -0.116. The van der Waals surface area contributed by atoms with E-state index in [9.17, 15) is 9.59 Å². The first kappa shape index (κ1) is 16.1. The molecule has 124 valence electrons. The van der Waals surface area contributed by atoms with Gasteiger partial charge in [0.15, 0.2) is 12.9 Å². The number of rotatable bonds is 5. The summed E-state index contributed by atoms with van der Waals surface area (Å²) in [5, 5.41) is 0. The molecule has 2 aromatic rings. The molecule has 1 aliphatic rings. The van der Waals surface area contributed by atoms with Crippen molar-refractivity contribution >= 4 is 17.9 Å². The molecular formula is C19H19NO4. The number of aryl methyl sites for hydroxylation is 1.